The maximum atomic E-state index is 9.19. The third-order valence-corrected chi connectivity index (χ3v) is 1.91. The molecule has 1 N–H and O–H groups in total. The second-order valence-corrected chi connectivity index (χ2v) is 5.57. The van der Waals surface area contributed by atoms with Crippen molar-refractivity contribution in [1.82, 2.24) is 0 Å². The minimum absolute atomic E-state index is 0.715. The van der Waals surface area contributed by atoms with Crippen molar-refractivity contribution >= 4 is 10.1 Å². The molecule has 3 nitrogen and oxygen atoms in total. The normalized spacial score (nSPS) is 12.4. The van der Waals surface area contributed by atoms with Gasteiger partial charge in [-0.25, -0.2) is 0 Å². The average molecular weight is 236 g/mol. The van der Waals surface area contributed by atoms with Crippen molar-refractivity contribution in [2.75, 3.05) is 6.26 Å². The van der Waals surface area contributed by atoms with E-state index in [-0.39, 0.29) is 0 Å². The van der Waals surface area contributed by atoms with Gasteiger partial charge in [-0.1, -0.05) is 31.9 Å². The molecule has 92 valence electrons. The Labute approximate surface area is 94.3 Å². The zero-order valence-corrected chi connectivity index (χ0v) is 11.3. The molecule has 0 spiro atoms. The quantitative estimate of drug-likeness (QED) is 0.602. The number of hydrogen-bond donors (Lipinski definition) is 1. The van der Waals surface area contributed by atoms with Crippen LogP contribution in [-0.4, -0.2) is 19.2 Å². The van der Waals surface area contributed by atoms with Gasteiger partial charge in [0.1, 0.15) is 0 Å². The van der Waals surface area contributed by atoms with Gasteiger partial charge in [0.15, 0.2) is 0 Å². The van der Waals surface area contributed by atoms with E-state index >= 15 is 0 Å². The Morgan fingerprint density at radius 3 is 2.07 bits per heavy atom. The van der Waals surface area contributed by atoms with Crippen LogP contribution in [0.5, 0.6) is 0 Å². The standard InChI is InChI=1S/C10H20.CH4O3S/c1-5-10(4)8-6-7-9(2)3;1-5(2,3)4/h7,10H,5-6,8H2,1-4H3;1H3,(H,2,3,4)/t10-;/m0./s1. The van der Waals surface area contributed by atoms with Gasteiger partial charge in [-0.3, -0.25) is 4.55 Å². The molecule has 0 aliphatic carbocycles. The molecule has 0 aromatic rings. The fraction of sp³-hybridized carbons (Fsp3) is 0.818. The van der Waals surface area contributed by atoms with Gasteiger partial charge in [0, 0.05) is 0 Å². The van der Waals surface area contributed by atoms with Gasteiger partial charge in [-0.05, 0) is 32.6 Å². The van der Waals surface area contributed by atoms with E-state index in [2.05, 4.69) is 33.8 Å². The Hall–Kier alpha value is -0.350. The van der Waals surface area contributed by atoms with Crippen LogP contribution in [0.3, 0.4) is 0 Å². The maximum absolute atomic E-state index is 9.19. The predicted molar refractivity (Wildman–Crippen MR) is 65.6 cm³/mol. The van der Waals surface area contributed by atoms with Crippen LogP contribution in [0, 0.1) is 5.92 Å². The van der Waals surface area contributed by atoms with Gasteiger partial charge >= 0.3 is 0 Å². The summed E-state index contributed by atoms with van der Waals surface area (Å²) >= 11 is 0. The molecule has 0 aromatic carbocycles. The van der Waals surface area contributed by atoms with E-state index in [1.807, 2.05) is 0 Å². The Balaban J connectivity index is 0. The summed E-state index contributed by atoms with van der Waals surface area (Å²) in [6.45, 7) is 8.90. The highest BCUT2D eigenvalue weighted by atomic mass is 32.2. The van der Waals surface area contributed by atoms with Gasteiger partial charge in [0.05, 0.1) is 6.26 Å². The van der Waals surface area contributed by atoms with Crippen molar-refractivity contribution < 1.29 is 13.0 Å². The Morgan fingerprint density at radius 2 is 1.80 bits per heavy atom. The molecule has 0 radical (unpaired) electrons. The molecule has 15 heavy (non-hydrogen) atoms. The number of hydrogen-bond acceptors (Lipinski definition) is 2. The lowest BCUT2D eigenvalue weighted by molar-refractivity contribution is 0.490. The van der Waals surface area contributed by atoms with Crippen LogP contribution >= 0.6 is 0 Å². The van der Waals surface area contributed by atoms with E-state index < -0.39 is 10.1 Å². The first kappa shape index (κ1) is 17.1. The first-order chi connectivity index (χ1) is 6.66. The smallest absolute Gasteiger partial charge is 0.261 e. The zero-order chi connectivity index (χ0) is 12.5. The third-order valence-electron chi connectivity index (χ3n) is 1.91. The molecule has 1 atom stereocenters. The van der Waals surface area contributed by atoms with E-state index in [1.54, 1.807) is 0 Å². The van der Waals surface area contributed by atoms with E-state index in [0.29, 0.717) is 6.26 Å². The van der Waals surface area contributed by atoms with E-state index in [1.165, 1.54) is 24.8 Å². The first-order valence-corrected chi connectivity index (χ1v) is 7.07. The molecule has 0 bridgehead atoms. The zero-order valence-electron chi connectivity index (χ0n) is 10.4. The van der Waals surface area contributed by atoms with Gasteiger partial charge in [-0.15, -0.1) is 0 Å². The molecule has 4 heteroatoms. The summed E-state index contributed by atoms with van der Waals surface area (Å²) in [7, 11) is -3.67. The molecule has 0 rings (SSSR count). The SMILES string of the molecule is CC[C@H](C)CCC=C(C)C.CS(=O)(=O)O. The first-order valence-electron chi connectivity index (χ1n) is 5.22. The summed E-state index contributed by atoms with van der Waals surface area (Å²) in [5.74, 6) is 0.899. The van der Waals surface area contributed by atoms with Gasteiger partial charge in [0.2, 0.25) is 0 Å². The molecule has 0 aliphatic heterocycles. The van der Waals surface area contributed by atoms with Crippen molar-refractivity contribution in [3.05, 3.63) is 11.6 Å². The summed E-state index contributed by atoms with van der Waals surface area (Å²) < 4.78 is 25.9. The Morgan fingerprint density at radius 1 is 1.40 bits per heavy atom. The lowest BCUT2D eigenvalue weighted by atomic mass is 10.0. The van der Waals surface area contributed by atoms with E-state index in [0.717, 1.165) is 5.92 Å². The monoisotopic (exact) mass is 236 g/mol. The van der Waals surface area contributed by atoms with Crippen LogP contribution in [0.15, 0.2) is 11.6 Å². The van der Waals surface area contributed by atoms with E-state index in [9.17, 15) is 8.42 Å². The molecule has 0 aromatic heterocycles. The molecule has 0 heterocycles. The highest BCUT2D eigenvalue weighted by Gasteiger charge is 1.94. The van der Waals surface area contributed by atoms with Crippen LogP contribution in [0.2, 0.25) is 0 Å². The van der Waals surface area contributed by atoms with Crippen molar-refractivity contribution in [2.45, 2.75) is 47.0 Å². The number of rotatable bonds is 4. The minimum atomic E-state index is -3.67. The molecule has 0 unspecified atom stereocenters. The molecule has 0 aliphatic rings. The van der Waals surface area contributed by atoms with Crippen LogP contribution < -0.4 is 0 Å². The molecular formula is C11H24O3S. The van der Waals surface area contributed by atoms with Crippen molar-refractivity contribution in [1.29, 1.82) is 0 Å². The summed E-state index contributed by atoms with van der Waals surface area (Å²) in [5, 5.41) is 0. The Kier molecular flexibility index (Phi) is 10.1. The second-order valence-electron chi connectivity index (χ2n) is 4.11. The highest BCUT2D eigenvalue weighted by molar-refractivity contribution is 7.85. The minimum Gasteiger partial charge on any atom is -0.286 e. The second kappa shape index (κ2) is 8.92. The Bertz CT molecular complexity index is 254. The van der Waals surface area contributed by atoms with Crippen LogP contribution in [-0.2, 0) is 10.1 Å². The van der Waals surface area contributed by atoms with Gasteiger partial charge < -0.3 is 0 Å². The molecule has 0 amide bonds. The lowest BCUT2D eigenvalue weighted by Gasteiger charge is -2.04. The maximum Gasteiger partial charge on any atom is 0.261 e. The van der Waals surface area contributed by atoms with Crippen LogP contribution in [0.25, 0.3) is 0 Å². The molecular weight excluding hydrogens is 212 g/mol. The molecule has 0 saturated carbocycles. The lowest BCUT2D eigenvalue weighted by Crippen LogP contribution is -1.89. The fourth-order valence-corrected chi connectivity index (χ4v) is 0.861. The van der Waals surface area contributed by atoms with Crippen LogP contribution in [0.4, 0.5) is 0 Å². The summed E-state index contributed by atoms with van der Waals surface area (Å²) in [6.07, 6.45) is 6.97. The molecule has 0 fully saturated rings. The third kappa shape index (κ3) is 31.7. The van der Waals surface area contributed by atoms with Crippen molar-refractivity contribution in [3.63, 3.8) is 0 Å². The highest BCUT2D eigenvalue weighted by Crippen LogP contribution is 2.10. The average Bonchev–Trinajstić information content (AvgIpc) is 2.00. The molecule has 0 saturated heterocycles. The number of allylic oxidation sites excluding steroid dienone is 2. The predicted octanol–water partition coefficient (Wildman–Crippen LogP) is 3.28. The van der Waals surface area contributed by atoms with Crippen molar-refractivity contribution in [2.24, 2.45) is 5.92 Å². The van der Waals surface area contributed by atoms with Crippen molar-refractivity contribution in [3.8, 4) is 0 Å². The summed E-state index contributed by atoms with van der Waals surface area (Å²) in [6, 6.07) is 0. The fourth-order valence-electron chi connectivity index (χ4n) is 0.861. The van der Waals surface area contributed by atoms with E-state index in [4.69, 9.17) is 4.55 Å². The largest absolute Gasteiger partial charge is 0.286 e. The summed E-state index contributed by atoms with van der Waals surface area (Å²) in [5.41, 5.74) is 1.45. The van der Waals surface area contributed by atoms with Crippen LogP contribution in [0.1, 0.15) is 47.0 Å². The topological polar surface area (TPSA) is 54.4 Å². The van der Waals surface area contributed by atoms with Gasteiger partial charge in [-0.2, -0.15) is 8.42 Å². The summed E-state index contributed by atoms with van der Waals surface area (Å²) in [4.78, 5) is 0. The van der Waals surface area contributed by atoms with Gasteiger partial charge in [0.25, 0.3) is 10.1 Å².